The predicted molar refractivity (Wildman–Crippen MR) is 84.1 cm³/mol. The summed E-state index contributed by atoms with van der Waals surface area (Å²) >= 11 is 0. The van der Waals surface area contributed by atoms with Crippen molar-refractivity contribution < 1.29 is 15.0 Å². The van der Waals surface area contributed by atoms with Gasteiger partial charge >= 0.3 is 0 Å². The van der Waals surface area contributed by atoms with Gasteiger partial charge in [0.2, 0.25) is 0 Å². The monoisotopic (exact) mass is 300 g/mol. The van der Waals surface area contributed by atoms with Crippen molar-refractivity contribution in [3.05, 3.63) is 28.8 Å². The largest absolute Gasteiger partial charge is 0.507 e. The van der Waals surface area contributed by atoms with Crippen LogP contribution in [0.15, 0.2) is 12.1 Å². The molecule has 0 aliphatic heterocycles. The lowest BCUT2D eigenvalue weighted by atomic mass is 9.55. The number of aliphatic hydroxyl groups excluding tert-OH is 1. The number of aliphatic hydroxyl groups is 1. The van der Waals surface area contributed by atoms with Gasteiger partial charge in [0.25, 0.3) is 0 Å². The molecule has 3 aliphatic carbocycles. The van der Waals surface area contributed by atoms with Crippen LogP contribution in [0.4, 0.5) is 0 Å². The first-order chi connectivity index (χ1) is 10.5. The number of hydrogen-bond acceptors (Lipinski definition) is 3. The van der Waals surface area contributed by atoms with Crippen LogP contribution >= 0.6 is 0 Å². The minimum absolute atomic E-state index is 0.0864. The van der Waals surface area contributed by atoms with Crippen LogP contribution in [0.5, 0.6) is 5.75 Å². The lowest BCUT2D eigenvalue weighted by molar-refractivity contribution is -0.0226. The van der Waals surface area contributed by atoms with E-state index < -0.39 is 0 Å². The number of phenols is 1. The lowest BCUT2D eigenvalue weighted by Gasteiger charge is -2.50. The molecule has 3 heteroatoms. The van der Waals surface area contributed by atoms with E-state index in [4.69, 9.17) is 0 Å². The number of aldehydes is 1. The highest BCUT2D eigenvalue weighted by Crippen LogP contribution is 2.61. The van der Waals surface area contributed by atoms with Gasteiger partial charge in [-0.15, -0.1) is 0 Å². The summed E-state index contributed by atoms with van der Waals surface area (Å²) in [6.07, 6.45) is 6.95. The zero-order chi connectivity index (χ0) is 15.5. The van der Waals surface area contributed by atoms with Crippen LogP contribution in [0.25, 0.3) is 0 Å². The zero-order valence-electron chi connectivity index (χ0n) is 13.1. The number of fused-ring (bicyclic) bond motifs is 5. The molecule has 0 spiro atoms. The highest BCUT2D eigenvalue weighted by atomic mass is 16.3. The molecule has 0 heterocycles. The Hall–Kier alpha value is -1.35. The van der Waals surface area contributed by atoms with Crippen molar-refractivity contribution in [2.45, 2.75) is 57.5 Å². The van der Waals surface area contributed by atoms with Crippen molar-refractivity contribution in [2.75, 3.05) is 0 Å². The molecular formula is C19H24O3. The maximum Gasteiger partial charge on any atom is 0.153 e. The zero-order valence-corrected chi connectivity index (χ0v) is 13.1. The average Bonchev–Trinajstić information content (AvgIpc) is 2.82. The number of carbonyl (C=O) groups is 1. The molecule has 1 unspecified atom stereocenters. The molecule has 3 aliphatic rings. The van der Waals surface area contributed by atoms with Crippen molar-refractivity contribution in [3.63, 3.8) is 0 Å². The summed E-state index contributed by atoms with van der Waals surface area (Å²) in [5, 5.41) is 20.3. The first kappa shape index (κ1) is 14.3. The number of phenolic OH excluding ortho intramolecular Hbond substituents is 1. The number of aryl methyl sites for hydroxylation is 1. The van der Waals surface area contributed by atoms with Crippen LogP contribution in [0, 0.1) is 17.3 Å². The normalized spacial score (nSPS) is 39.7. The first-order valence-electron chi connectivity index (χ1n) is 8.53. The van der Waals surface area contributed by atoms with Gasteiger partial charge in [0.15, 0.2) is 6.29 Å². The molecule has 0 radical (unpaired) electrons. The van der Waals surface area contributed by atoms with Crippen molar-refractivity contribution in [3.8, 4) is 5.75 Å². The molecule has 22 heavy (non-hydrogen) atoms. The molecule has 4 rings (SSSR count). The summed E-state index contributed by atoms with van der Waals surface area (Å²) in [5.41, 5.74) is 2.99. The Morgan fingerprint density at radius 2 is 2.05 bits per heavy atom. The Bertz CT molecular complexity index is 623. The third-order valence-electron chi connectivity index (χ3n) is 6.95. The number of benzene rings is 1. The van der Waals surface area contributed by atoms with E-state index in [1.165, 1.54) is 11.1 Å². The highest BCUT2D eigenvalue weighted by molar-refractivity contribution is 5.80. The molecule has 0 bridgehead atoms. The summed E-state index contributed by atoms with van der Waals surface area (Å²) in [7, 11) is 0. The quantitative estimate of drug-likeness (QED) is 0.781. The van der Waals surface area contributed by atoms with Gasteiger partial charge in [-0.3, -0.25) is 4.79 Å². The summed E-state index contributed by atoms with van der Waals surface area (Å²) < 4.78 is 0. The molecule has 3 nitrogen and oxygen atoms in total. The number of carbonyl (C=O) groups excluding carboxylic acids is 1. The molecule has 1 aromatic rings. The molecular weight excluding hydrogens is 276 g/mol. The fourth-order valence-corrected chi connectivity index (χ4v) is 5.69. The van der Waals surface area contributed by atoms with E-state index in [0.717, 1.165) is 44.8 Å². The summed E-state index contributed by atoms with van der Waals surface area (Å²) in [4.78, 5) is 11.2. The lowest BCUT2D eigenvalue weighted by Crippen LogP contribution is -2.43. The Morgan fingerprint density at radius 1 is 1.23 bits per heavy atom. The number of hydrogen-bond donors (Lipinski definition) is 2. The molecule has 1 aromatic carbocycles. The molecule has 2 N–H and O–H groups in total. The van der Waals surface area contributed by atoms with E-state index in [1.807, 2.05) is 6.07 Å². The van der Waals surface area contributed by atoms with Crippen LogP contribution in [-0.2, 0) is 6.42 Å². The topological polar surface area (TPSA) is 57.5 Å². The highest BCUT2D eigenvalue weighted by Gasteiger charge is 2.54. The maximum atomic E-state index is 11.2. The summed E-state index contributed by atoms with van der Waals surface area (Å²) in [5.74, 6) is 1.82. The average molecular weight is 300 g/mol. The molecule has 2 saturated carbocycles. The van der Waals surface area contributed by atoms with Gasteiger partial charge in [-0.05, 0) is 85.0 Å². The second-order valence-electron chi connectivity index (χ2n) is 7.78. The molecule has 2 fully saturated rings. The summed E-state index contributed by atoms with van der Waals surface area (Å²) in [6, 6.07) is 3.72. The molecule has 118 valence electrons. The van der Waals surface area contributed by atoms with E-state index in [1.54, 1.807) is 6.07 Å². The van der Waals surface area contributed by atoms with E-state index in [9.17, 15) is 15.0 Å². The van der Waals surface area contributed by atoms with E-state index in [-0.39, 0.29) is 17.3 Å². The van der Waals surface area contributed by atoms with Crippen molar-refractivity contribution in [1.29, 1.82) is 0 Å². The van der Waals surface area contributed by atoms with Crippen molar-refractivity contribution >= 4 is 6.29 Å². The SMILES string of the molecule is C[C@]12CC[C@@H]3c4cc(C=O)c(O)cc4CC[C@H]3[C@@H]1CCC2O. The minimum atomic E-state index is -0.148. The third-order valence-corrected chi connectivity index (χ3v) is 6.95. The Balaban J connectivity index is 1.74. The summed E-state index contributed by atoms with van der Waals surface area (Å²) in [6.45, 7) is 2.27. The number of aromatic hydroxyl groups is 1. The fraction of sp³-hybridized carbons (Fsp3) is 0.632. The van der Waals surface area contributed by atoms with Gasteiger partial charge in [-0.1, -0.05) is 6.92 Å². The van der Waals surface area contributed by atoms with Crippen LogP contribution in [-0.4, -0.2) is 22.6 Å². The van der Waals surface area contributed by atoms with Crippen LogP contribution in [0.1, 0.15) is 66.4 Å². The van der Waals surface area contributed by atoms with Crippen molar-refractivity contribution in [1.82, 2.24) is 0 Å². The van der Waals surface area contributed by atoms with Gasteiger partial charge in [0.1, 0.15) is 5.75 Å². The number of rotatable bonds is 1. The van der Waals surface area contributed by atoms with E-state index in [0.29, 0.717) is 23.3 Å². The second-order valence-corrected chi connectivity index (χ2v) is 7.78. The van der Waals surface area contributed by atoms with E-state index in [2.05, 4.69) is 6.92 Å². The van der Waals surface area contributed by atoms with Crippen LogP contribution in [0.2, 0.25) is 0 Å². The minimum Gasteiger partial charge on any atom is -0.507 e. The van der Waals surface area contributed by atoms with Gasteiger partial charge in [0, 0.05) is 0 Å². The van der Waals surface area contributed by atoms with Crippen LogP contribution in [0.3, 0.4) is 0 Å². The Kier molecular flexibility index (Phi) is 3.12. The van der Waals surface area contributed by atoms with Crippen LogP contribution < -0.4 is 0 Å². The Labute approximate surface area is 131 Å². The predicted octanol–water partition coefficient (Wildman–Crippen LogP) is 3.42. The standard InChI is InChI=1S/C19H24O3/c1-19-7-6-13-14(16(19)4-5-18(19)22)3-2-11-9-17(21)12(10-20)8-15(11)13/h8-10,13-14,16,18,21-22H,2-7H2,1H3/t13-,14+,16-,18?,19-/m0/s1. The third kappa shape index (κ3) is 1.81. The molecule has 0 saturated heterocycles. The van der Waals surface area contributed by atoms with Gasteiger partial charge in [-0.25, -0.2) is 0 Å². The van der Waals surface area contributed by atoms with Gasteiger partial charge in [0.05, 0.1) is 11.7 Å². The van der Waals surface area contributed by atoms with Gasteiger partial charge in [-0.2, -0.15) is 0 Å². The first-order valence-corrected chi connectivity index (χ1v) is 8.53. The van der Waals surface area contributed by atoms with E-state index >= 15 is 0 Å². The van der Waals surface area contributed by atoms with Crippen molar-refractivity contribution in [2.24, 2.45) is 17.3 Å². The fourth-order valence-electron chi connectivity index (χ4n) is 5.69. The molecule has 0 amide bonds. The van der Waals surface area contributed by atoms with Gasteiger partial charge < -0.3 is 10.2 Å². The Morgan fingerprint density at radius 3 is 2.82 bits per heavy atom. The smallest absolute Gasteiger partial charge is 0.153 e. The molecule has 0 aromatic heterocycles. The molecule has 5 atom stereocenters. The maximum absolute atomic E-state index is 11.2. The second kappa shape index (κ2) is 4.82.